The molecule has 3 heteroatoms. The highest BCUT2D eigenvalue weighted by Crippen LogP contribution is 2.15. The van der Waals surface area contributed by atoms with Crippen LogP contribution in [0, 0.1) is 0 Å². The number of rotatable bonds is 2. The van der Waals surface area contributed by atoms with Gasteiger partial charge in [0.25, 0.3) is 0 Å². The molecule has 3 nitrogen and oxygen atoms in total. The largest absolute Gasteiger partial charge is 0.478 e. The van der Waals surface area contributed by atoms with Crippen molar-refractivity contribution >= 4 is 11.7 Å². The predicted molar refractivity (Wildman–Crippen MR) is 56.8 cm³/mol. The van der Waals surface area contributed by atoms with Crippen molar-refractivity contribution in [2.45, 2.75) is 26.3 Å². The average Bonchev–Trinajstić information content (AvgIpc) is 2.01. The molecule has 0 bridgehead atoms. The maximum absolute atomic E-state index is 10.7. The summed E-state index contributed by atoms with van der Waals surface area (Å²) in [6, 6.07) is 6.80. The van der Waals surface area contributed by atoms with Crippen molar-refractivity contribution in [3.05, 3.63) is 29.8 Å². The summed E-state index contributed by atoms with van der Waals surface area (Å²) in [5, 5.41) is 12.0. The Hall–Kier alpha value is -1.51. The van der Waals surface area contributed by atoms with Crippen LogP contribution in [0.25, 0.3) is 0 Å². The van der Waals surface area contributed by atoms with Crippen LogP contribution in [0.4, 0.5) is 5.69 Å². The van der Waals surface area contributed by atoms with Gasteiger partial charge in [0.1, 0.15) is 0 Å². The van der Waals surface area contributed by atoms with Crippen molar-refractivity contribution in [1.82, 2.24) is 0 Å². The highest BCUT2D eigenvalue weighted by molar-refractivity contribution is 5.88. The third-order valence-electron chi connectivity index (χ3n) is 1.63. The van der Waals surface area contributed by atoms with Crippen LogP contribution < -0.4 is 5.32 Å². The fourth-order valence-corrected chi connectivity index (χ4v) is 1.16. The van der Waals surface area contributed by atoms with Gasteiger partial charge in [-0.1, -0.05) is 6.07 Å². The summed E-state index contributed by atoms with van der Waals surface area (Å²) in [6.07, 6.45) is 0. The van der Waals surface area contributed by atoms with E-state index in [-0.39, 0.29) is 5.54 Å². The Morgan fingerprint density at radius 1 is 1.36 bits per heavy atom. The van der Waals surface area contributed by atoms with Crippen molar-refractivity contribution < 1.29 is 9.90 Å². The molecule has 0 fully saturated rings. The van der Waals surface area contributed by atoms with Crippen molar-refractivity contribution in [3.63, 3.8) is 0 Å². The van der Waals surface area contributed by atoms with Gasteiger partial charge in [0.2, 0.25) is 0 Å². The van der Waals surface area contributed by atoms with Crippen molar-refractivity contribution in [3.8, 4) is 0 Å². The van der Waals surface area contributed by atoms with Crippen LogP contribution in [-0.2, 0) is 0 Å². The molecule has 0 spiro atoms. The number of benzene rings is 1. The first-order chi connectivity index (χ1) is 6.38. The van der Waals surface area contributed by atoms with Gasteiger partial charge in [0, 0.05) is 11.2 Å². The Kier molecular flexibility index (Phi) is 2.79. The summed E-state index contributed by atoms with van der Waals surface area (Å²) in [6.45, 7) is 6.08. The van der Waals surface area contributed by atoms with Gasteiger partial charge in [-0.05, 0) is 39.0 Å². The number of aromatic carboxylic acids is 1. The zero-order valence-corrected chi connectivity index (χ0v) is 8.66. The maximum atomic E-state index is 10.7. The Labute approximate surface area is 83.8 Å². The van der Waals surface area contributed by atoms with Crippen molar-refractivity contribution in [1.29, 1.82) is 0 Å². The maximum Gasteiger partial charge on any atom is 0.335 e. The third kappa shape index (κ3) is 3.09. The second kappa shape index (κ2) is 3.70. The zero-order valence-electron chi connectivity index (χ0n) is 8.66. The second-order valence-corrected chi connectivity index (χ2v) is 4.26. The molecule has 0 unspecified atom stereocenters. The van der Waals surface area contributed by atoms with Crippen LogP contribution in [-0.4, -0.2) is 16.6 Å². The molecule has 14 heavy (non-hydrogen) atoms. The van der Waals surface area contributed by atoms with E-state index in [1.54, 1.807) is 18.2 Å². The van der Waals surface area contributed by atoms with Crippen LogP contribution in [0.1, 0.15) is 31.1 Å². The average molecular weight is 193 g/mol. The molecule has 76 valence electrons. The minimum Gasteiger partial charge on any atom is -0.478 e. The molecule has 1 rings (SSSR count). The van der Waals surface area contributed by atoms with E-state index in [2.05, 4.69) is 5.32 Å². The minimum absolute atomic E-state index is 0.0584. The van der Waals surface area contributed by atoms with Gasteiger partial charge in [0.15, 0.2) is 0 Å². The lowest BCUT2D eigenvalue weighted by Gasteiger charge is -2.22. The van der Waals surface area contributed by atoms with E-state index in [0.29, 0.717) is 5.56 Å². The normalized spacial score (nSPS) is 11.1. The molecule has 0 aliphatic carbocycles. The van der Waals surface area contributed by atoms with Crippen LogP contribution in [0.2, 0.25) is 0 Å². The van der Waals surface area contributed by atoms with E-state index in [1.807, 2.05) is 26.8 Å². The molecule has 0 heterocycles. The summed E-state index contributed by atoms with van der Waals surface area (Å²) in [5.41, 5.74) is 1.08. The topological polar surface area (TPSA) is 49.3 Å². The quantitative estimate of drug-likeness (QED) is 0.759. The molecule has 1 aromatic rings. The molecule has 0 amide bonds. The van der Waals surface area contributed by atoms with Gasteiger partial charge < -0.3 is 10.4 Å². The molecule has 0 saturated carbocycles. The molecule has 1 aromatic carbocycles. The van der Waals surface area contributed by atoms with E-state index in [0.717, 1.165) is 5.69 Å². The number of nitrogens with one attached hydrogen (secondary N) is 1. The van der Waals surface area contributed by atoms with E-state index in [9.17, 15) is 4.79 Å². The van der Waals surface area contributed by atoms with Gasteiger partial charge in [0.05, 0.1) is 5.56 Å². The Balaban J connectivity index is 2.89. The number of carboxylic acid groups (broad SMARTS) is 1. The first-order valence-electron chi connectivity index (χ1n) is 4.50. The van der Waals surface area contributed by atoms with Crippen LogP contribution >= 0.6 is 0 Å². The first kappa shape index (κ1) is 10.6. The monoisotopic (exact) mass is 193 g/mol. The summed E-state index contributed by atoms with van der Waals surface area (Å²) >= 11 is 0. The Bertz CT molecular complexity index is 339. The Morgan fingerprint density at radius 2 is 2.00 bits per heavy atom. The number of carbonyl (C=O) groups is 1. The summed E-state index contributed by atoms with van der Waals surface area (Å²) < 4.78 is 0. The lowest BCUT2D eigenvalue weighted by molar-refractivity contribution is 0.0697. The number of carboxylic acids is 1. The smallest absolute Gasteiger partial charge is 0.335 e. The number of hydrogen-bond acceptors (Lipinski definition) is 2. The Morgan fingerprint density at radius 3 is 2.50 bits per heavy atom. The molecule has 0 radical (unpaired) electrons. The fourth-order valence-electron chi connectivity index (χ4n) is 1.16. The van der Waals surface area contributed by atoms with Gasteiger partial charge in [-0.15, -0.1) is 0 Å². The standard InChI is InChI=1S/C11H15NO2/c1-11(2,3)12-9-6-4-5-8(7-9)10(13)14/h4-7,12H,1-3H3,(H,13,14). The predicted octanol–water partition coefficient (Wildman–Crippen LogP) is 2.60. The van der Waals surface area contributed by atoms with Crippen LogP contribution in [0.3, 0.4) is 0 Å². The summed E-state index contributed by atoms with van der Waals surface area (Å²) in [5.74, 6) is -0.900. The number of hydrogen-bond donors (Lipinski definition) is 2. The van der Waals surface area contributed by atoms with Gasteiger partial charge in [-0.2, -0.15) is 0 Å². The lowest BCUT2D eigenvalue weighted by Crippen LogP contribution is -2.26. The first-order valence-corrected chi connectivity index (χ1v) is 4.50. The molecule has 0 aliphatic rings. The van der Waals surface area contributed by atoms with Crippen LogP contribution in [0.15, 0.2) is 24.3 Å². The molecule has 0 saturated heterocycles. The highest BCUT2D eigenvalue weighted by Gasteiger charge is 2.10. The molecule has 0 aliphatic heterocycles. The van der Waals surface area contributed by atoms with Gasteiger partial charge >= 0.3 is 5.97 Å². The van der Waals surface area contributed by atoms with E-state index >= 15 is 0 Å². The van der Waals surface area contributed by atoms with Crippen molar-refractivity contribution in [2.24, 2.45) is 0 Å². The lowest BCUT2D eigenvalue weighted by atomic mass is 10.1. The molecular formula is C11H15NO2. The molecular weight excluding hydrogens is 178 g/mol. The molecule has 0 aromatic heterocycles. The zero-order chi connectivity index (χ0) is 10.8. The number of anilines is 1. The van der Waals surface area contributed by atoms with Gasteiger partial charge in [-0.3, -0.25) is 0 Å². The SMILES string of the molecule is CC(C)(C)Nc1cccc(C(=O)O)c1. The van der Waals surface area contributed by atoms with E-state index in [1.165, 1.54) is 0 Å². The molecule has 0 atom stereocenters. The minimum atomic E-state index is -0.900. The summed E-state index contributed by atoms with van der Waals surface area (Å²) in [4.78, 5) is 10.7. The second-order valence-electron chi connectivity index (χ2n) is 4.26. The fraction of sp³-hybridized carbons (Fsp3) is 0.364. The van der Waals surface area contributed by atoms with Gasteiger partial charge in [-0.25, -0.2) is 4.79 Å². The van der Waals surface area contributed by atoms with Crippen molar-refractivity contribution in [2.75, 3.05) is 5.32 Å². The van der Waals surface area contributed by atoms with E-state index in [4.69, 9.17) is 5.11 Å². The highest BCUT2D eigenvalue weighted by atomic mass is 16.4. The molecule has 2 N–H and O–H groups in total. The van der Waals surface area contributed by atoms with E-state index < -0.39 is 5.97 Å². The summed E-state index contributed by atoms with van der Waals surface area (Å²) in [7, 11) is 0. The van der Waals surface area contributed by atoms with Crippen LogP contribution in [0.5, 0.6) is 0 Å². The third-order valence-corrected chi connectivity index (χ3v) is 1.63.